The van der Waals surface area contributed by atoms with Crippen LogP contribution in [-0.2, 0) is 0 Å². The molecule has 100 valence electrons. The van der Waals surface area contributed by atoms with Gasteiger partial charge in [0.25, 0.3) is 0 Å². The molecule has 1 atom stereocenters. The number of hydrogen-bond acceptors (Lipinski definition) is 4. The van der Waals surface area contributed by atoms with Crippen LogP contribution in [0.25, 0.3) is 0 Å². The highest BCUT2D eigenvalue weighted by atomic mass is 35.5. The molecule has 2 heterocycles. The van der Waals surface area contributed by atoms with Crippen molar-refractivity contribution in [3.8, 4) is 0 Å². The van der Waals surface area contributed by atoms with Crippen molar-refractivity contribution in [3.63, 3.8) is 0 Å². The fourth-order valence-corrected chi connectivity index (χ4v) is 2.53. The largest absolute Gasteiger partial charge is 0.368 e. The summed E-state index contributed by atoms with van der Waals surface area (Å²) < 4.78 is 0. The van der Waals surface area contributed by atoms with Gasteiger partial charge in [-0.25, -0.2) is 0 Å². The van der Waals surface area contributed by atoms with Crippen molar-refractivity contribution in [1.82, 2.24) is 15.1 Å². The quantitative estimate of drug-likeness (QED) is 0.911. The van der Waals surface area contributed by atoms with E-state index in [9.17, 15) is 0 Å². The molecule has 4 nitrogen and oxygen atoms in total. The Bertz CT molecular complexity index is 422. The number of hydrogen-bond donors (Lipinski definition) is 1. The summed E-state index contributed by atoms with van der Waals surface area (Å²) in [5.74, 6) is 1.58. The van der Waals surface area contributed by atoms with Gasteiger partial charge in [0.05, 0.1) is 0 Å². The van der Waals surface area contributed by atoms with Gasteiger partial charge in [-0.1, -0.05) is 18.5 Å². The first-order chi connectivity index (χ1) is 8.61. The first-order valence-electron chi connectivity index (χ1n) is 6.57. The molecule has 1 aromatic heterocycles. The van der Waals surface area contributed by atoms with Gasteiger partial charge in [0.15, 0.2) is 11.0 Å². The molecule has 0 spiro atoms. The predicted molar refractivity (Wildman–Crippen MR) is 75.2 cm³/mol. The first-order valence-corrected chi connectivity index (χ1v) is 6.95. The Morgan fingerprint density at radius 1 is 1.33 bits per heavy atom. The van der Waals surface area contributed by atoms with Gasteiger partial charge >= 0.3 is 0 Å². The van der Waals surface area contributed by atoms with E-state index in [4.69, 9.17) is 11.6 Å². The molecular weight excluding hydrogens is 248 g/mol. The summed E-state index contributed by atoms with van der Waals surface area (Å²) in [5, 5.41) is 12.0. The minimum atomic E-state index is 0.496. The third kappa shape index (κ3) is 2.93. The molecule has 2 rings (SSSR count). The number of aromatic nitrogens is 2. The lowest BCUT2D eigenvalue weighted by Crippen LogP contribution is -2.23. The number of rotatable bonds is 4. The number of anilines is 1. The van der Waals surface area contributed by atoms with Crippen molar-refractivity contribution in [2.45, 2.75) is 27.2 Å². The summed E-state index contributed by atoms with van der Waals surface area (Å²) >= 11 is 5.94. The van der Waals surface area contributed by atoms with E-state index in [1.165, 1.54) is 19.5 Å². The Morgan fingerprint density at radius 2 is 2.11 bits per heavy atom. The van der Waals surface area contributed by atoms with Crippen molar-refractivity contribution >= 4 is 17.4 Å². The third-order valence-electron chi connectivity index (χ3n) is 3.84. The van der Waals surface area contributed by atoms with Crippen LogP contribution in [0.2, 0.25) is 5.15 Å². The van der Waals surface area contributed by atoms with E-state index in [1.807, 2.05) is 13.8 Å². The van der Waals surface area contributed by atoms with Crippen LogP contribution in [0.15, 0.2) is 0 Å². The lowest BCUT2D eigenvalue weighted by atomic mass is 10.1. The first kappa shape index (κ1) is 13.6. The molecule has 1 unspecified atom stereocenters. The summed E-state index contributed by atoms with van der Waals surface area (Å²) in [6.07, 6.45) is 1.26. The number of nitrogens with zero attached hydrogens (tertiary/aromatic N) is 3. The summed E-state index contributed by atoms with van der Waals surface area (Å²) in [6.45, 7) is 10.7. The maximum absolute atomic E-state index is 5.94. The van der Waals surface area contributed by atoms with E-state index in [1.54, 1.807) is 0 Å². The molecule has 1 aliphatic heterocycles. The Labute approximate surface area is 114 Å². The third-order valence-corrected chi connectivity index (χ3v) is 4.20. The Hall–Kier alpha value is -0.870. The smallest absolute Gasteiger partial charge is 0.155 e. The van der Waals surface area contributed by atoms with Crippen LogP contribution in [0.3, 0.4) is 0 Å². The lowest BCUT2D eigenvalue weighted by molar-refractivity contribution is 0.345. The molecule has 0 bridgehead atoms. The van der Waals surface area contributed by atoms with Crippen LogP contribution < -0.4 is 5.32 Å². The number of nitrogens with one attached hydrogen (secondary N) is 1. The van der Waals surface area contributed by atoms with E-state index >= 15 is 0 Å². The van der Waals surface area contributed by atoms with Gasteiger partial charge in [-0.05, 0) is 50.4 Å². The molecule has 1 saturated heterocycles. The topological polar surface area (TPSA) is 41.0 Å². The normalized spacial score (nSPS) is 20.3. The molecule has 1 fully saturated rings. The zero-order chi connectivity index (χ0) is 13.1. The molecule has 5 heteroatoms. The molecular formula is C13H21ClN4. The highest BCUT2D eigenvalue weighted by Crippen LogP contribution is 2.22. The van der Waals surface area contributed by atoms with E-state index in [0.717, 1.165) is 30.0 Å². The molecule has 0 saturated carbocycles. The summed E-state index contributed by atoms with van der Waals surface area (Å²) in [6, 6.07) is 0. The molecule has 0 radical (unpaired) electrons. The van der Waals surface area contributed by atoms with Crippen LogP contribution in [0, 0.1) is 19.8 Å². The second-order valence-electron chi connectivity index (χ2n) is 5.02. The van der Waals surface area contributed by atoms with Crippen molar-refractivity contribution in [2.75, 3.05) is 31.5 Å². The maximum Gasteiger partial charge on any atom is 0.155 e. The van der Waals surface area contributed by atoms with Gasteiger partial charge in [-0.2, -0.15) is 0 Å². The average molecular weight is 269 g/mol. The number of likely N-dealkylation sites (tertiary alicyclic amines) is 1. The minimum absolute atomic E-state index is 0.496. The molecule has 0 amide bonds. The highest BCUT2D eigenvalue weighted by Gasteiger charge is 2.21. The monoisotopic (exact) mass is 268 g/mol. The van der Waals surface area contributed by atoms with E-state index in [0.29, 0.717) is 11.1 Å². The molecule has 0 aromatic carbocycles. The van der Waals surface area contributed by atoms with Crippen molar-refractivity contribution in [1.29, 1.82) is 0 Å². The van der Waals surface area contributed by atoms with Gasteiger partial charge in [-0.3, -0.25) is 0 Å². The Morgan fingerprint density at radius 3 is 2.78 bits per heavy atom. The predicted octanol–water partition coefficient (Wildman–Crippen LogP) is 2.50. The fourth-order valence-electron chi connectivity index (χ4n) is 2.35. The molecule has 1 N–H and O–H groups in total. The zero-order valence-electron chi connectivity index (χ0n) is 11.3. The van der Waals surface area contributed by atoms with Gasteiger partial charge < -0.3 is 10.2 Å². The van der Waals surface area contributed by atoms with Crippen LogP contribution in [0.4, 0.5) is 5.82 Å². The average Bonchev–Trinajstić information content (AvgIpc) is 2.83. The second kappa shape index (κ2) is 5.85. The van der Waals surface area contributed by atoms with Crippen LogP contribution >= 0.6 is 11.6 Å². The van der Waals surface area contributed by atoms with Crippen LogP contribution in [0.1, 0.15) is 24.5 Å². The fraction of sp³-hybridized carbons (Fsp3) is 0.692. The minimum Gasteiger partial charge on any atom is -0.368 e. The standard InChI is InChI=1S/C13H21ClN4/c1-4-18-6-5-11(8-18)7-15-13-10(3)9(2)12(14)16-17-13/h11H,4-8H2,1-3H3,(H,15,17). The highest BCUT2D eigenvalue weighted by molar-refractivity contribution is 6.30. The van der Waals surface area contributed by atoms with Crippen molar-refractivity contribution in [2.24, 2.45) is 5.92 Å². The Balaban J connectivity index is 1.93. The van der Waals surface area contributed by atoms with Gasteiger partial charge in [-0.15, -0.1) is 10.2 Å². The number of halogens is 1. The summed E-state index contributed by atoms with van der Waals surface area (Å²) in [7, 11) is 0. The summed E-state index contributed by atoms with van der Waals surface area (Å²) in [5.41, 5.74) is 2.11. The second-order valence-corrected chi connectivity index (χ2v) is 5.38. The van der Waals surface area contributed by atoms with E-state index < -0.39 is 0 Å². The lowest BCUT2D eigenvalue weighted by Gasteiger charge is -2.15. The molecule has 1 aliphatic rings. The molecule has 18 heavy (non-hydrogen) atoms. The molecule has 1 aromatic rings. The molecule has 0 aliphatic carbocycles. The van der Waals surface area contributed by atoms with Crippen LogP contribution in [0.5, 0.6) is 0 Å². The van der Waals surface area contributed by atoms with E-state index in [-0.39, 0.29) is 0 Å². The summed E-state index contributed by atoms with van der Waals surface area (Å²) in [4.78, 5) is 2.48. The van der Waals surface area contributed by atoms with Crippen molar-refractivity contribution < 1.29 is 0 Å². The van der Waals surface area contributed by atoms with Crippen molar-refractivity contribution in [3.05, 3.63) is 16.3 Å². The van der Waals surface area contributed by atoms with Gasteiger partial charge in [0, 0.05) is 13.1 Å². The zero-order valence-corrected chi connectivity index (χ0v) is 12.1. The van der Waals surface area contributed by atoms with Gasteiger partial charge in [0.1, 0.15) is 0 Å². The van der Waals surface area contributed by atoms with E-state index in [2.05, 4.69) is 27.3 Å². The van der Waals surface area contributed by atoms with Gasteiger partial charge in [0.2, 0.25) is 0 Å². The SMILES string of the molecule is CCN1CCC(CNc2nnc(Cl)c(C)c2C)C1. The van der Waals surface area contributed by atoms with Crippen LogP contribution in [-0.4, -0.2) is 41.3 Å². The Kier molecular flexibility index (Phi) is 4.40. The maximum atomic E-state index is 5.94.